The number of allylic oxidation sites excluding steroid dienone is 2. The molecular weight excluding hydrogens is 318 g/mol. The average molecular weight is 341 g/mol. The second kappa shape index (κ2) is 7.21. The van der Waals surface area contributed by atoms with Gasteiger partial charge >= 0.3 is 5.97 Å². The highest BCUT2D eigenvalue weighted by Crippen LogP contribution is 2.44. The number of phenolic OH excluding ortho intramolecular Hbond substituents is 1. The van der Waals surface area contributed by atoms with E-state index >= 15 is 0 Å². The van der Waals surface area contributed by atoms with Crippen molar-refractivity contribution in [3.05, 3.63) is 41.1 Å². The van der Waals surface area contributed by atoms with Gasteiger partial charge in [-0.15, -0.1) is 0 Å². The van der Waals surface area contributed by atoms with Crippen molar-refractivity contribution in [3.63, 3.8) is 0 Å². The summed E-state index contributed by atoms with van der Waals surface area (Å²) in [4.78, 5) is 29.9. The lowest BCUT2D eigenvalue weighted by atomic mass is 9.72. The number of nitrogens with zero attached hydrogens (tertiary/aromatic N) is 1. The number of hydrogen-bond donors (Lipinski definition) is 1. The third-order valence-corrected chi connectivity index (χ3v) is 4.77. The van der Waals surface area contributed by atoms with E-state index in [0.29, 0.717) is 24.3 Å². The van der Waals surface area contributed by atoms with Crippen molar-refractivity contribution < 1.29 is 19.4 Å². The maximum Gasteiger partial charge on any atom is 0.315 e. The smallest absolute Gasteiger partial charge is 0.315 e. The minimum absolute atomic E-state index is 0.0409. The quantitative estimate of drug-likeness (QED) is 0.850. The van der Waals surface area contributed by atoms with Crippen LogP contribution in [0, 0.1) is 5.92 Å². The van der Waals surface area contributed by atoms with Gasteiger partial charge in [0.1, 0.15) is 11.7 Å². The predicted molar refractivity (Wildman–Crippen MR) is 94.6 cm³/mol. The number of Topliss-reactive ketones (excluding diaryl/α,β-unsaturated/α-hetero) is 1. The summed E-state index contributed by atoms with van der Waals surface area (Å²) in [5.74, 6) is -1.28. The minimum Gasteiger partial charge on any atom is -0.508 e. The highest BCUT2D eigenvalue weighted by Gasteiger charge is 2.43. The van der Waals surface area contributed by atoms with Gasteiger partial charge in [0.05, 0.1) is 6.61 Å². The molecule has 3 rings (SSSR count). The van der Waals surface area contributed by atoms with E-state index in [1.165, 1.54) is 0 Å². The molecule has 0 saturated heterocycles. The van der Waals surface area contributed by atoms with E-state index in [1.54, 1.807) is 18.2 Å². The predicted octanol–water partition coefficient (Wildman–Crippen LogP) is 3.53. The molecule has 5 nitrogen and oxygen atoms in total. The molecule has 2 aliphatic rings. The molecule has 5 heteroatoms. The summed E-state index contributed by atoms with van der Waals surface area (Å²) in [5.41, 5.74) is 2.81. The van der Waals surface area contributed by atoms with Crippen LogP contribution in [0.1, 0.15) is 51.0 Å². The van der Waals surface area contributed by atoms with Crippen LogP contribution in [-0.2, 0) is 14.3 Å². The molecule has 2 atom stereocenters. The van der Waals surface area contributed by atoms with Crippen molar-refractivity contribution in [2.24, 2.45) is 10.9 Å². The number of hydrogen-bond acceptors (Lipinski definition) is 5. The van der Waals surface area contributed by atoms with Crippen molar-refractivity contribution in [1.29, 1.82) is 0 Å². The van der Waals surface area contributed by atoms with E-state index in [1.807, 2.05) is 19.9 Å². The molecule has 1 aromatic carbocycles. The lowest BCUT2D eigenvalue weighted by Gasteiger charge is -2.34. The SMILES string of the molecule is CCCOC(=O)C1C(C)=NC2=C(C(=O)CCC2)[C@@H]1c1cccc(O)c1. The summed E-state index contributed by atoms with van der Waals surface area (Å²) in [6, 6.07) is 6.77. The van der Waals surface area contributed by atoms with Crippen LogP contribution in [0.3, 0.4) is 0 Å². The highest BCUT2D eigenvalue weighted by molar-refractivity contribution is 6.08. The summed E-state index contributed by atoms with van der Waals surface area (Å²) in [5, 5.41) is 9.89. The van der Waals surface area contributed by atoms with E-state index < -0.39 is 11.8 Å². The molecule has 1 aliphatic carbocycles. The van der Waals surface area contributed by atoms with Crippen LogP contribution in [0.5, 0.6) is 5.75 Å². The Bertz CT molecular complexity index is 763. The van der Waals surface area contributed by atoms with E-state index in [2.05, 4.69) is 4.99 Å². The van der Waals surface area contributed by atoms with E-state index in [-0.39, 0.29) is 17.5 Å². The molecule has 0 bridgehead atoms. The molecule has 1 unspecified atom stereocenters. The first kappa shape index (κ1) is 17.4. The molecule has 0 spiro atoms. The first-order valence-corrected chi connectivity index (χ1v) is 8.80. The van der Waals surface area contributed by atoms with Gasteiger partial charge < -0.3 is 9.84 Å². The zero-order chi connectivity index (χ0) is 18.0. The van der Waals surface area contributed by atoms with Crippen molar-refractivity contribution in [2.75, 3.05) is 6.61 Å². The number of carbonyl (C=O) groups is 2. The Morgan fingerprint density at radius 1 is 1.36 bits per heavy atom. The number of aliphatic imine (C=N–C) groups is 1. The van der Waals surface area contributed by atoms with Crippen molar-refractivity contribution >= 4 is 17.5 Å². The highest BCUT2D eigenvalue weighted by atomic mass is 16.5. The van der Waals surface area contributed by atoms with Gasteiger partial charge in [0.15, 0.2) is 5.78 Å². The topological polar surface area (TPSA) is 76.0 Å². The van der Waals surface area contributed by atoms with Gasteiger partial charge in [0.2, 0.25) is 0 Å². The van der Waals surface area contributed by atoms with Gasteiger partial charge in [-0.3, -0.25) is 14.6 Å². The number of ether oxygens (including phenoxy) is 1. The lowest BCUT2D eigenvalue weighted by molar-refractivity contribution is -0.146. The third-order valence-electron chi connectivity index (χ3n) is 4.77. The van der Waals surface area contributed by atoms with E-state index in [9.17, 15) is 14.7 Å². The Morgan fingerprint density at radius 2 is 2.16 bits per heavy atom. The van der Waals surface area contributed by atoms with Crippen molar-refractivity contribution in [2.45, 2.75) is 45.4 Å². The number of benzene rings is 1. The Hall–Kier alpha value is -2.43. The van der Waals surface area contributed by atoms with Crippen LogP contribution < -0.4 is 0 Å². The van der Waals surface area contributed by atoms with E-state index in [0.717, 1.165) is 30.5 Å². The van der Waals surface area contributed by atoms with Gasteiger partial charge in [-0.05, 0) is 43.9 Å². The van der Waals surface area contributed by atoms with Crippen LogP contribution >= 0.6 is 0 Å². The first-order valence-electron chi connectivity index (χ1n) is 8.80. The maximum absolute atomic E-state index is 12.7. The molecule has 1 heterocycles. The number of rotatable bonds is 4. The standard InChI is InChI=1S/C20H23NO4/c1-3-10-25-20(24)17-12(2)21-15-8-5-9-16(23)19(15)18(17)13-6-4-7-14(22)11-13/h4,6-7,11,17-18,22H,3,5,8-10H2,1-2H3/t17?,18-/m1/s1. The molecule has 0 amide bonds. The summed E-state index contributed by atoms with van der Waals surface area (Å²) in [6.07, 6.45) is 2.73. The normalized spacial score (nSPS) is 23.1. The molecule has 1 aliphatic heterocycles. The fraction of sp³-hybridized carbons (Fsp3) is 0.450. The zero-order valence-electron chi connectivity index (χ0n) is 14.6. The van der Waals surface area contributed by atoms with Crippen LogP contribution in [0.2, 0.25) is 0 Å². The van der Waals surface area contributed by atoms with Gasteiger partial charge in [-0.1, -0.05) is 19.1 Å². The summed E-state index contributed by atoms with van der Waals surface area (Å²) in [7, 11) is 0. The molecule has 25 heavy (non-hydrogen) atoms. The molecule has 0 fully saturated rings. The van der Waals surface area contributed by atoms with Crippen LogP contribution in [-0.4, -0.2) is 29.2 Å². The van der Waals surface area contributed by atoms with Gasteiger partial charge in [0.25, 0.3) is 0 Å². The monoisotopic (exact) mass is 341 g/mol. The molecule has 0 saturated carbocycles. The van der Waals surface area contributed by atoms with Crippen LogP contribution in [0.25, 0.3) is 0 Å². The maximum atomic E-state index is 12.7. The minimum atomic E-state index is -0.630. The Balaban J connectivity index is 2.10. The molecule has 1 N–H and O–H groups in total. The summed E-state index contributed by atoms with van der Waals surface area (Å²) < 4.78 is 5.38. The van der Waals surface area contributed by atoms with Gasteiger partial charge in [-0.25, -0.2) is 0 Å². The van der Waals surface area contributed by atoms with Gasteiger partial charge in [0, 0.05) is 29.3 Å². The largest absolute Gasteiger partial charge is 0.508 e. The number of carbonyl (C=O) groups excluding carboxylic acids is 2. The molecule has 1 aromatic rings. The number of esters is 1. The number of aromatic hydroxyl groups is 1. The Morgan fingerprint density at radius 3 is 2.88 bits per heavy atom. The van der Waals surface area contributed by atoms with Gasteiger partial charge in [-0.2, -0.15) is 0 Å². The van der Waals surface area contributed by atoms with Crippen LogP contribution in [0.15, 0.2) is 40.5 Å². The molecular formula is C20H23NO4. The van der Waals surface area contributed by atoms with Crippen molar-refractivity contribution in [3.8, 4) is 5.75 Å². The van der Waals surface area contributed by atoms with E-state index in [4.69, 9.17) is 4.74 Å². The zero-order valence-corrected chi connectivity index (χ0v) is 14.6. The summed E-state index contributed by atoms with van der Waals surface area (Å²) >= 11 is 0. The summed E-state index contributed by atoms with van der Waals surface area (Å²) in [6.45, 7) is 4.10. The fourth-order valence-electron chi connectivity index (χ4n) is 3.68. The molecule has 0 radical (unpaired) electrons. The Kier molecular flexibility index (Phi) is 5.02. The number of phenols is 1. The fourth-order valence-corrected chi connectivity index (χ4v) is 3.68. The molecule has 132 valence electrons. The first-order chi connectivity index (χ1) is 12.0. The average Bonchev–Trinajstić information content (AvgIpc) is 2.58. The lowest BCUT2D eigenvalue weighted by Crippen LogP contribution is -2.37. The third kappa shape index (κ3) is 3.36. The van der Waals surface area contributed by atoms with Crippen LogP contribution in [0.4, 0.5) is 0 Å². The molecule has 0 aromatic heterocycles. The second-order valence-electron chi connectivity index (χ2n) is 6.61. The Labute approximate surface area is 147 Å². The number of ketones is 1. The second-order valence-corrected chi connectivity index (χ2v) is 6.61. The van der Waals surface area contributed by atoms with Crippen molar-refractivity contribution in [1.82, 2.24) is 0 Å².